The first kappa shape index (κ1) is 14.0. The van der Waals surface area contributed by atoms with Crippen LogP contribution in [0.1, 0.15) is 19.4 Å². The number of carbonyl (C=O) groups excluding carboxylic acids is 1. The molecule has 1 aliphatic rings. The normalized spacial score (nSPS) is 17.0. The zero-order valence-corrected chi connectivity index (χ0v) is 11.0. The Bertz CT molecular complexity index is 406. The van der Waals surface area contributed by atoms with Crippen LogP contribution in [0.15, 0.2) is 24.3 Å². The Balaban J connectivity index is 0.00000144. The SMILES string of the molecule is CC(N)C(C)C(=O)N1CCc2ccccc21.Cl. The van der Waals surface area contributed by atoms with Crippen molar-refractivity contribution in [1.82, 2.24) is 0 Å². The number of nitrogens with two attached hydrogens (primary N) is 1. The van der Waals surface area contributed by atoms with Gasteiger partial charge in [-0.15, -0.1) is 12.4 Å². The smallest absolute Gasteiger partial charge is 0.231 e. The second kappa shape index (κ2) is 5.52. The van der Waals surface area contributed by atoms with Gasteiger partial charge in [0.1, 0.15) is 0 Å². The number of hydrogen-bond donors (Lipinski definition) is 1. The van der Waals surface area contributed by atoms with Crippen molar-refractivity contribution in [1.29, 1.82) is 0 Å². The minimum Gasteiger partial charge on any atom is -0.327 e. The van der Waals surface area contributed by atoms with E-state index in [4.69, 9.17) is 5.73 Å². The Hall–Kier alpha value is -1.06. The molecule has 0 bridgehead atoms. The van der Waals surface area contributed by atoms with Crippen molar-refractivity contribution >= 4 is 24.0 Å². The van der Waals surface area contributed by atoms with Crippen molar-refractivity contribution in [3.63, 3.8) is 0 Å². The van der Waals surface area contributed by atoms with Crippen molar-refractivity contribution in [2.75, 3.05) is 11.4 Å². The fourth-order valence-electron chi connectivity index (χ4n) is 2.04. The molecule has 0 aliphatic carbocycles. The predicted molar refractivity (Wildman–Crippen MR) is 72.6 cm³/mol. The highest BCUT2D eigenvalue weighted by molar-refractivity contribution is 5.97. The lowest BCUT2D eigenvalue weighted by Crippen LogP contribution is -2.41. The standard InChI is InChI=1S/C13H18N2O.ClH/c1-9(10(2)14)13(16)15-8-7-11-5-3-4-6-12(11)15;/h3-6,9-10H,7-8,14H2,1-2H3;1H. The summed E-state index contributed by atoms with van der Waals surface area (Å²) in [5, 5.41) is 0. The van der Waals surface area contributed by atoms with Gasteiger partial charge in [-0.25, -0.2) is 0 Å². The Morgan fingerprint density at radius 1 is 1.35 bits per heavy atom. The Kier molecular flexibility index (Phi) is 4.54. The zero-order valence-electron chi connectivity index (χ0n) is 10.2. The van der Waals surface area contributed by atoms with Crippen molar-refractivity contribution in [2.24, 2.45) is 11.7 Å². The third-order valence-corrected chi connectivity index (χ3v) is 3.33. The van der Waals surface area contributed by atoms with Crippen LogP contribution in [0.5, 0.6) is 0 Å². The zero-order chi connectivity index (χ0) is 11.7. The maximum Gasteiger partial charge on any atom is 0.231 e. The molecule has 0 saturated heterocycles. The number of nitrogens with zero attached hydrogens (tertiary/aromatic N) is 1. The van der Waals surface area contributed by atoms with Gasteiger partial charge in [0.2, 0.25) is 5.91 Å². The van der Waals surface area contributed by atoms with E-state index in [1.54, 1.807) is 0 Å². The summed E-state index contributed by atoms with van der Waals surface area (Å²) in [5.41, 5.74) is 8.09. The summed E-state index contributed by atoms with van der Waals surface area (Å²) >= 11 is 0. The van der Waals surface area contributed by atoms with Gasteiger partial charge in [-0.2, -0.15) is 0 Å². The number of halogens is 1. The quantitative estimate of drug-likeness (QED) is 0.877. The van der Waals surface area contributed by atoms with Gasteiger partial charge in [0, 0.05) is 18.3 Å². The van der Waals surface area contributed by atoms with Crippen LogP contribution in [0.3, 0.4) is 0 Å². The first-order valence-electron chi connectivity index (χ1n) is 5.76. The second-order valence-electron chi connectivity index (χ2n) is 4.52. The average molecular weight is 255 g/mol. The predicted octanol–water partition coefficient (Wildman–Crippen LogP) is 1.98. The third kappa shape index (κ3) is 2.61. The molecule has 1 aromatic carbocycles. The molecule has 2 N–H and O–H groups in total. The summed E-state index contributed by atoms with van der Waals surface area (Å²) in [7, 11) is 0. The number of rotatable bonds is 2. The lowest BCUT2D eigenvalue weighted by molar-refractivity contribution is -0.122. The van der Waals surface area contributed by atoms with Crippen LogP contribution in [0.4, 0.5) is 5.69 Å². The fourth-order valence-corrected chi connectivity index (χ4v) is 2.04. The Morgan fingerprint density at radius 3 is 2.65 bits per heavy atom. The van der Waals surface area contributed by atoms with Gasteiger partial charge in [0.25, 0.3) is 0 Å². The van der Waals surface area contributed by atoms with E-state index >= 15 is 0 Å². The molecule has 0 spiro atoms. The second-order valence-corrected chi connectivity index (χ2v) is 4.52. The van der Waals surface area contributed by atoms with Gasteiger partial charge in [-0.05, 0) is 25.0 Å². The highest BCUT2D eigenvalue weighted by Gasteiger charge is 2.28. The van der Waals surface area contributed by atoms with E-state index in [0.29, 0.717) is 0 Å². The van der Waals surface area contributed by atoms with Crippen LogP contribution in [0.25, 0.3) is 0 Å². The number of para-hydroxylation sites is 1. The van der Waals surface area contributed by atoms with Gasteiger partial charge >= 0.3 is 0 Å². The molecule has 0 saturated carbocycles. The fraction of sp³-hybridized carbons (Fsp3) is 0.462. The van der Waals surface area contributed by atoms with Crippen molar-refractivity contribution in [3.05, 3.63) is 29.8 Å². The highest BCUT2D eigenvalue weighted by atomic mass is 35.5. The van der Waals surface area contributed by atoms with Crippen LogP contribution in [-0.2, 0) is 11.2 Å². The Morgan fingerprint density at radius 2 is 2.00 bits per heavy atom. The number of amides is 1. The maximum absolute atomic E-state index is 12.2. The van der Waals surface area contributed by atoms with E-state index in [1.807, 2.05) is 36.9 Å². The van der Waals surface area contributed by atoms with E-state index in [2.05, 4.69) is 6.07 Å². The molecule has 0 fully saturated rings. The van der Waals surface area contributed by atoms with Gasteiger partial charge in [0.15, 0.2) is 0 Å². The molecular formula is C13H19ClN2O. The van der Waals surface area contributed by atoms with Crippen LogP contribution in [-0.4, -0.2) is 18.5 Å². The first-order valence-corrected chi connectivity index (χ1v) is 5.76. The molecule has 1 heterocycles. The summed E-state index contributed by atoms with van der Waals surface area (Å²) in [4.78, 5) is 14.1. The van der Waals surface area contributed by atoms with Gasteiger partial charge in [0.05, 0.1) is 5.92 Å². The molecule has 2 atom stereocenters. The highest BCUT2D eigenvalue weighted by Crippen LogP contribution is 2.28. The van der Waals surface area contributed by atoms with Crippen molar-refractivity contribution < 1.29 is 4.79 Å². The molecule has 2 rings (SSSR count). The summed E-state index contributed by atoms with van der Waals surface area (Å²) in [6, 6.07) is 7.98. The molecule has 4 heteroatoms. The molecule has 0 aromatic heterocycles. The van der Waals surface area contributed by atoms with Crippen LogP contribution in [0.2, 0.25) is 0 Å². The van der Waals surface area contributed by atoms with E-state index < -0.39 is 0 Å². The maximum atomic E-state index is 12.2. The summed E-state index contributed by atoms with van der Waals surface area (Å²) in [5.74, 6) is 0.0195. The number of carbonyl (C=O) groups is 1. The minimum atomic E-state index is -0.119. The average Bonchev–Trinajstić information content (AvgIpc) is 2.70. The van der Waals surface area contributed by atoms with Crippen LogP contribution in [0, 0.1) is 5.92 Å². The molecule has 17 heavy (non-hydrogen) atoms. The van der Waals surface area contributed by atoms with Gasteiger partial charge in [-0.1, -0.05) is 25.1 Å². The van der Waals surface area contributed by atoms with E-state index in [-0.39, 0.29) is 30.3 Å². The first-order chi connectivity index (χ1) is 7.61. The molecule has 3 nitrogen and oxygen atoms in total. The lowest BCUT2D eigenvalue weighted by Gasteiger charge is -2.23. The van der Waals surface area contributed by atoms with Crippen molar-refractivity contribution in [2.45, 2.75) is 26.3 Å². The summed E-state index contributed by atoms with van der Waals surface area (Å²) < 4.78 is 0. The van der Waals surface area contributed by atoms with E-state index in [0.717, 1.165) is 18.7 Å². The Labute approximate surface area is 108 Å². The monoisotopic (exact) mass is 254 g/mol. The lowest BCUT2D eigenvalue weighted by atomic mass is 10.0. The number of hydrogen-bond acceptors (Lipinski definition) is 2. The molecule has 94 valence electrons. The molecule has 1 amide bonds. The van der Waals surface area contributed by atoms with Crippen LogP contribution < -0.4 is 10.6 Å². The molecule has 1 aliphatic heterocycles. The molecule has 1 aromatic rings. The number of benzene rings is 1. The molecule has 0 radical (unpaired) electrons. The number of fused-ring (bicyclic) bond motifs is 1. The van der Waals surface area contributed by atoms with Gasteiger partial charge in [-0.3, -0.25) is 4.79 Å². The summed E-state index contributed by atoms with van der Waals surface area (Å²) in [6.07, 6.45) is 0.952. The van der Waals surface area contributed by atoms with E-state index in [9.17, 15) is 4.79 Å². The topological polar surface area (TPSA) is 46.3 Å². The van der Waals surface area contributed by atoms with Crippen LogP contribution >= 0.6 is 12.4 Å². The summed E-state index contributed by atoms with van der Waals surface area (Å²) in [6.45, 7) is 4.56. The van der Waals surface area contributed by atoms with E-state index in [1.165, 1.54) is 5.56 Å². The molecular weight excluding hydrogens is 236 g/mol. The largest absolute Gasteiger partial charge is 0.327 e. The van der Waals surface area contributed by atoms with Crippen molar-refractivity contribution in [3.8, 4) is 0 Å². The van der Waals surface area contributed by atoms with Gasteiger partial charge < -0.3 is 10.6 Å². The third-order valence-electron chi connectivity index (χ3n) is 3.33. The number of anilines is 1. The minimum absolute atomic E-state index is 0. The molecule has 2 unspecified atom stereocenters.